The van der Waals surface area contributed by atoms with E-state index in [0.29, 0.717) is 17.4 Å². The summed E-state index contributed by atoms with van der Waals surface area (Å²) in [4.78, 5) is 17.5. The molecule has 6 nitrogen and oxygen atoms in total. The van der Waals surface area contributed by atoms with Crippen molar-refractivity contribution in [2.24, 2.45) is 0 Å². The second-order valence-electron chi connectivity index (χ2n) is 6.08. The number of amides is 2. The number of carbonyl (C=O) groups is 1. The van der Waals surface area contributed by atoms with Crippen molar-refractivity contribution in [1.29, 1.82) is 0 Å². The van der Waals surface area contributed by atoms with Gasteiger partial charge >= 0.3 is 6.03 Å². The molecule has 112 valence electrons. The average molecular weight is 288 g/mol. The molecule has 0 saturated heterocycles. The van der Waals surface area contributed by atoms with Crippen molar-refractivity contribution in [2.45, 2.75) is 26.2 Å². The van der Waals surface area contributed by atoms with Gasteiger partial charge in [-0.15, -0.1) is 0 Å². The van der Waals surface area contributed by atoms with E-state index in [1.807, 2.05) is 39.0 Å². The van der Waals surface area contributed by atoms with Crippen LogP contribution in [0.1, 0.15) is 26.6 Å². The summed E-state index contributed by atoms with van der Waals surface area (Å²) in [6.45, 7) is 6.07. The van der Waals surface area contributed by atoms with Crippen LogP contribution in [-0.4, -0.2) is 35.2 Å². The Labute approximate surface area is 124 Å². The topological polar surface area (TPSA) is 71.3 Å². The Morgan fingerprint density at radius 2 is 2.00 bits per heavy atom. The van der Waals surface area contributed by atoms with Crippen LogP contribution >= 0.6 is 0 Å². The van der Waals surface area contributed by atoms with Crippen LogP contribution in [0.5, 0.6) is 0 Å². The van der Waals surface area contributed by atoms with E-state index in [-0.39, 0.29) is 11.4 Å². The number of hydrogen-bond donors (Lipinski definition) is 1. The highest BCUT2D eigenvalue weighted by molar-refractivity contribution is 5.89. The zero-order valence-corrected chi connectivity index (χ0v) is 13.0. The van der Waals surface area contributed by atoms with Gasteiger partial charge in [0.2, 0.25) is 0 Å². The fourth-order valence-corrected chi connectivity index (χ4v) is 1.61. The maximum absolute atomic E-state index is 11.7. The number of nitrogens with one attached hydrogen (secondary N) is 1. The van der Waals surface area contributed by atoms with E-state index < -0.39 is 0 Å². The molecule has 21 heavy (non-hydrogen) atoms. The molecule has 0 spiro atoms. The second kappa shape index (κ2) is 5.55. The molecule has 2 rings (SSSR count). The molecule has 0 saturated carbocycles. The first-order valence-electron chi connectivity index (χ1n) is 6.70. The summed E-state index contributed by atoms with van der Waals surface area (Å²) in [5.74, 6) is 1.10. The lowest BCUT2D eigenvalue weighted by molar-refractivity contribution is 0.230. The first kappa shape index (κ1) is 15.0. The molecule has 1 aromatic carbocycles. The Morgan fingerprint density at radius 1 is 1.29 bits per heavy atom. The third-order valence-corrected chi connectivity index (χ3v) is 2.86. The Bertz CT molecular complexity index is 641. The van der Waals surface area contributed by atoms with Gasteiger partial charge in [-0.25, -0.2) is 4.79 Å². The second-order valence-corrected chi connectivity index (χ2v) is 6.08. The highest BCUT2D eigenvalue weighted by Crippen LogP contribution is 2.25. The van der Waals surface area contributed by atoms with E-state index in [0.717, 1.165) is 5.56 Å². The maximum Gasteiger partial charge on any atom is 0.321 e. The van der Waals surface area contributed by atoms with E-state index in [4.69, 9.17) is 4.52 Å². The first-order chi connectivity index (χ1) is 9.77. The molecule has 1 N–H and O–H groups in total. The lowest BCUT2D eigenvalue weighted by atomic mass is 9.96. The Balaban J connectivity index is 2.25. The summed E-state index contributed by atoms with van der Waals surface area (Å²) in [5, 5.41) is 6.79. The molecular formula is C15H20N4O2. The number of urea groups is 1. The molecule has 0 aliphatic heterocycles. The largest absolute Gasteiger partial charge is 0.334 e. The fraction of sp³-hybridized carbons (Fsp3) is 0.400. The van der Waals surface area contributed by atoms with Crippen molar-refractivity contribution in [3.8, 4) is 11.5 Å². The van der Waals surface area contributed by atoms with Crippen molar-refractivity contribution in [3.05, 3.63) is 30.1 Å². The van der Waals surface area contributed by atoms with E-state index in [2.05, 4.69) is 15.5 Å². The number of anilines is 1. The predicted molar refractivity (Wildman–Crippen MR) is 81.1 cm³/mol. The van der Waals surface area contributed by atoms with Crippen LogP contribution < -0.4 is 5.32 Å². The minimum absolute atomic E-state index is 0.168. The van der Waals surface area contributed by atoms with Gasteiger partial charge < -0.3 is 14.7 Å². The van der Waals surface area contributed by atoms with Crippen LogP contribution in [0, 0.1) is 0 Å². The number of rotatable bonds is 2. The van der Waals surface area contributed by atoms with Crippen molar-refractivity contribution in [2.75, 3.05) is 19.4 Å². The molecule has 0 atom stereocenters. The molecule has 0 bridgehead atoms. The van der Waals surface area contributed by atoms with Crippen molar-refractivity contribution in [3.63, 3.8) is 0 Å². The van der Waals surface area contributed by atoms with Gasteiger partial charge in [0.25, 0.3) is 5.89 Å². The summed E-state index contributed by atoms with van der Waals surface area (Å²) in [7, 11) is 3.37. The molecule has 1 aromatic heterocycles. The van der Waals surface area contributed by atoms with Gasteiger partial charge in [-0.05, 0) is 18.2 Å². The SMILES string of the molecule is CN(C)C(=O)Nc1cccc(-c2nc(C(C)(C)C)no2)c1. The zero-order valence-electron chi connectivity index (χ0n) is 13.0. The monoisotopic (exact) mass is 288 g/mol. The number of carbonyl (C=O) groups excluding carboxylic acids is 1. The Kier molecular flexibility index (Phi) is 3.97. The summed E-state index contributed by atoms with van der Waals surface area (Å²) in [6.07, 6.45) is 0. The zero-order chi connectivity index (χ0) is 15.6. The maximum atomic E-state index is 11.7. The Morgan fingerprint density at radius 3 is 2.57 bits per heavy atom. The normalized spacial score (nSPS) is 11.3. The van der Waals surface area contributed by atoms with E-state index in [1.54, 1.807) is 20.2 Å². The summed E-state index contributed by atoms with van der Waals surface area (Å²) < 4.78 is 5.30. The van der Waals surface area contributed by atoms with Gasteiger partial charge in [-0.2, -0.15) is 4.98 Å². The van der Waals surface area contributed by atoms with Crippen LogP contribution in [0.25, 0.3) is 11.5 Å². The van der Waals surface area contributed by atoms with Gasteiger partial charge in [0.05, 0.1) is 0 Å². The van der Waals surface area contributed by atoms with Gasteiger partial charge in [0, 0.05) is 30.8 Å². The lowest BCUT2D eigenvalue weighted by Crippen LogP contribution is -2.27. The van der Waals surface area contributed by atoms with Crippen molar-refractivity contribution < 1.29 is 9.32 Å². The minimum Gasteiger partial charge on any atom is -0.334 e. The summed E-state index contributed by atoms with van der Waals surface area (Å²) in [6, 6.07) is 7.13. The molecule has 0 radical (unpaired) electrons. The van der Waals surface area contributed by atoms with Crippen molar-refractivity contribution in [1.82, 2.24) is 15.0 Å². The third kappa shape index (κ3) is 3.59. The van der Waals surface area contributed by atoms with Gasteiger partial charge in [0.1, 0.15) is 0 Å². The van der Waals surface area contributed by atoms with Crippen LogP contribution in [-0.2, 0) is 5.41 Å². The molecule has 0 aliphatic carbocycles. The number of nitrogens with zero attached hydrogens (tertiary/aromatic N) is 3. The molecule has 0 fully saturated rings. The number of hydrogen-bond acceptors (Lipinski definition) is 4. The molecule has 0 aliphatic rings. The van der Waals surface area contributed by atoms with Crippen molar-refractivity contribution >= 4 is 11.7 Å². The lowest BCUT2D eigenvalue weighted by Gasteiger charge is -2.12. The van der Waals surface area contributed by atoms with Crippen LogP contribution in [0.15, 0.2) is 28.8 Å². The molecule has 2 amide bonds. The third-order valence-electron chi connectivity index (χ3n) is 2.86. The molecule has 0 unspecified atom stereocenters. The van der Waals surface area contributed by atoms with Crippen LogP contribution in [0.4, 0.5) is 10.5 Å². The summed E-state index contributed by atoms with van der Waals surface area (Å²) >= 11 is 0. The van der Waals surface area contributed by atoms with Gasteiger partial charge in [-0.1, -0.05) is 32.0 Å². The average Bonchev–Trinajstić information content (AvgIpc) is 2.88. The minimum atomic E-state index is -0.187. The molecule has 2 aromatic rings. The van der Waals surface area contributed by atoms with E-state index in [9.17, 15) is 4.79 Å². The standard InChI is InChI=1S/C15H20N4O2/c1-15(2,3)13-17-12(21-18-13)10-7-6-8-11(9-10)16-14(20)19(4)5/h6-9H,1-5H3,(H,16,20). The number of aromatic nitrogens is 2. The highest BCUT2D eigenvalue weighted by Gasteiger charge is 2.21. The molecule has 1 heterocycles. The highest BCUT2D eigenvalue weighted by atomic mass is 16.5. The smallest absolute Gasteiger partial charge is 0.321 e. The first-order valence-corrected chi connectivity index (χ1v) is 6.70. The summed E-state index contributed by atoms with van der Waals surface area (Å²) in [5.41, 5.74) is 1.29. The fourth-order valence-electron chi connectivity index (χ4n) is 1.61. The van der Waals surface area contributed by atoms with Gasteiger partial charge in [-0.3, -0.25) is 0 Å². The Hall–Kier alpha value is -2.37. The molecule has 6 heteroatoms. The van der Waals surface area contributed by atoms with Gasteiger partial charge in [0.15, 0.2) is 5.82 Å². The van der Waals surface area contributed by atoms with E-state index >= 15 is 0 Å². The number of benzene rings is 1. The van der Waals surface area contributed by atoms with E-state index in [1.165, 1.54) is 4.90 Å². The molecular weight excluding hydrogens is 268 g/mol. The quantitative estimate of drug-likeness (QED) is 0.921. The van der Waals surface area contributed by atoms with Crippen LogP contribution in [0.2, 0.25) is 0 Å². The van der Waals surface area contributed by atoms with Crippen LogP contribution in [0.3, 0.4) is 0 Å². The predicted octanol–water partition coefficient (Wildman–Crippen LogP) is 3.13.